The lowest BCUT2D eigenvalue weighted by atomic mass is 9.61. The highest BCUT2D eigenvalue weighted by atomic mass is 32.2. The van der Waals surface area contributed by atoms with Crippen molar-refractivity contribution in [1.82, 2.24) is 29.7 Å². The molecule has 91 heavy (non-hydrogen) atoms. The van der Waals surface area contributed by atoms with Crippen LogP contribution < -0.4 is 17.2 Å². The maximum atomic E-state index is 13.7. The van der Waals surface area contributed by atoms with Crippen LogP contribution in [-0.2, 0) is 64.5 Å². The number of aryl methyl sites for hydroxylation is 3. The minimum absolute atomic E-state index is 0. The number of nitrogens with two attached hydrogens (primary N) is 3. The Hall–Kier alpha value is -6.47. The van der Waals surface area contributed by atoms with E-state index in [0.29, 0.717) is 17.9 Å². The number of benzene rings is 3. The molecule has 3 aromatic heterocycles. The van der Waals surface area contributed by atoms with Crippen molar-refractivity contribution in [3.8, 4) is 31.3 Å². The fraction of sp³-hybridized carbons (Fsp3) is 0.515. The Labute approximate surface area is 550 Å². The number of rotatable bonds is 6. The number of amides is 3. The van der Waals surface area contributed by atoms with Gasteiger partial charge in [-0.05, 0) is 185 Å². The lowest BCUT2D eigenvalue weighted by molar-refractivity contribution is -0.138. The van der Waals surface area contributed by atoms with E-state index in [4.69, 9.17) is 46.4 Å². The number of methoxy groups -OCH3 is 3. The van der Waals surface area contributed by atoms with E-state index in [1.165, 1.54) is 37.6 Å². The zero-order chi connectivity index (χ0) is 63.9. The summed E-state index contributed by atoms with van der Waals surface area (Å²) in [5.41, 5.74) is 25.1. The first-order valence-electron chi connectivity index (χ1n) is 30.9. The van der Waals surface area contributed by atoms with Gasteiger partial charge >= 0.3 is 0 Å². The van der Waals surface area contributed by atoms with Crippen molar-refractivity contribution in [2.45, 2.75) is 159 Å². The van der Waals surface area contributed by atoms with Gasteiger partial charge in [-0.2, -0.15) is 3.89 Å². The third-order valence-electron chi connectivity index (χ3n) is 21.5. The molecule has 23 heteroatoms. The molecule has 3 amide bonds. The molecule has 0 bridgehead atoms. The summed E-state index contributed by atoms with van der Waals surface area (Å²) in [5.74, 6) is 0.951. The summed E-state index contributed by atoms with van der Waals surface area (Å²) in [6.07, 6.45) is 21.6. The lowest BCUT2D eigenvalue weighted by Crippen LogP contribution is -2.51. The largest absolute Gasteiger partial charge is 0.381 e. The molecule has 9 aliphatic rings. The van der Waals surface area contributed by atoms with Gasteiger partial charge in [-0.15, -0.1) is 34.0 Å². The summed E-state index contributed by atoms with van der Waals surface area (Å²) in [4.78, 5) is 76.9. The van der Waals surface area contributed by atoms with Crippen molar-refractivity contribution in [2.75, 3.05) is 48.7 Å². The third kappa shape index (κ3) is 10.4. The standard InChI is InChI=1S/3C22H26N4O2S.CH3FS.CH4/c3*1-13-24-12-18(29-13)14-4-5-15-11-21(8-6-16(28-3)7-9-21)22(17(15)10-14)19(27)26(2)20(23)25-22;1-3-2;/h3*4-5,10,12,16H,6-9,11H2,1-3H3,(H2,23,25);1H3;1H4. The molecule has 3 aromatic carbocycles. The monoisotopic (exact) mass is 1310 g/mol. The smallest absolute Gasteiger partial charge is 0.262 e. The third-order valence-corrected chi connectivity index (χ3v) is 24.4. The molecule has 6 aromatic rings. The topological polar surface area (TPSA) is 242 Å². The second-order valence-electron chi connectivity index (χ2n) is 25.8. The van der Waals surface area contributed by atoms with E-state index >= 15 is 0 Å². The number of guanidine groups is 3. The predicted octanol–water partition coefficient (Wildman–Crippen LogP) is 11.6. The van der Waals surface area contributed by atoms with Crippen molar-refractivity contribution in [3.05, 3.63) is 122 Å². The molecule has 15 rings (SSSR count). The Morgan fingerprint density at radius 2 is 0.725 bits per heavy atom. The minimum Gasteiger partial charge on any atom is -0.381 e. The van der Waals surface area contributed by atoms with Gasteiger partial charge in [-0.1, -0.05) is 43.8 Å². The van der Waals surface area contributed by atoms with E-state index in [2.05, 4.69) is 69.5 Å². The number of ether oxygens (including phenoxy) is 3. The average molecular weight is 1310 g/mol. The van der Waals surface area contributed by atoms with Crippen molar-refractivity contribution in [2.24, 2.45) is 48.4 Å². The van der Waals surface area contributed by atoms with Gasteiger partial charge in [-0.3, -0.25) is 29.1 Å². The molecule has 0 radical (unpaired) electrons. The summed E-state index contributed by atoms with van der Waals surface area (Å²) in [7, 11) is 10.5. The zero-order valence-electron chi connectivity index (χ0n) is 53.0. The van der Waals surface area contributed by atoms with Crippen molar-refractivity contribution >= 4 is 81.8 Å². The summed E-state index contributed by atoms with van der Waals surface area (Å²) in [6.45, 7) is 6.02. The Balaban J connectivity index is 0.000000136. The van der Waals surface area contributed by atoms with Crippen LogP contribution in [0, 0.1) is 37.0 Å². The SMILES string of the molecule is C.COC1CCC2(CC1)Cc1ccc(-c3cnc(C)s3)cc1C21N=C(N)N(C)C1=O.COC1CCC2(CC1)Cc1ccc(-c3cnc(C)s3)cc1C21N=C(N)N(C)C1=O.COC1CCC2(CC1)Cc1ccc(-c3cnc(C)s3)cc1C21N=C(N)N(C)C1=O.CSF. The van der Waals surface area contributed by atoms with Crippen molar-refractivity contribution < 1.29 is 32.5 Å². The second-order valence-corrected chi connectivity index (χ2v) is 29.8. The Bertz CT molecular complexity index is 3490. The van der Waals surface area contributed by atoms with Crippen LogP contribution in [0.5, 0.6) is 0 Å². The number of aromatic nitrogens is 3. The van der Waals surface area contributed by atoms with E-state index in [1.54, 1.807) is 76.5 Å². The van der Waals surface area contributed by atoms with Crippen LogP contribution in [0.25, 0.3) is 31.3 Å². The van der Waals surface area contributed by atoms with Crippen LogP contribution in [0.4, 0.5) is 3.89 Å². The number of thiazole rings is 3. The van der Waals surface area contributed by atoms with E-state index in [0.717, 1.165) is 159 Å². The molecular formula is C68H85FN12O6S4. The number of nitrogens with zero attached hydrogens (tertiary/aromatic N) is 9. The van der Waals surface area contributed by atoms with Gasteiger partial charge in [-0.25, -0.2) is 29.9 Å². The molecule has 6 N–H and O–H groups in total. The van der Waals surface area contributed by atoms with E-state index < -0.39 is 16.6 Å². The first-order chi connectivity index (χ1) is 43.1. The van der Waals surface area contributed by atoms with Crippen LogP contribution in [0.15, 0.2) is 88.2 Å². The van der Waals surface area contributed by atoms with Crippen LogP contribution in [0.2, 0.25) is 0 Å². The number of fused-ring (bicyclic) bond motifs is 9. The van der Waals surface area contributed by atoms with Gasteiger partial charge in [0.25, 0.3) is 17.7 Å². The minimum atomic E-state index is -0.921. The van der Waals surface area contributed by atoms with E-state index in [9.17, 15) is 18.3 Å². The van der Waals surface area contributed by atoms with Crippen LogP contribution in [0.1, 0.15) is 133 Å². The molecule has 3 fully saturated rings. The Kier molecular flexibility index (Phi) is 18.2. The van der Waals surface area contributed by atoms with Gasteiger partial charge in [0.2, 0.25) is 0 Å². The number of aliphatic imine (C=N–C) groups is 3. The summed E-state index contributed by atoms with van der Waals surface area (Å²) >= 11 is 5.25. The van der Waals surface area contributed by atoms with Crippen molar-refractivity contribution in [3.63, 3.8) is 0 Å². The number of hydrogen-bond donors (Lipinski definition) is 3. The lowest BCUT2D eigenvalue weighted by Gasteiger charge is -2.45. The molecule has 0 saturated heterocycles. The summed E-state index contributed by atoms with van der Waals surface area (Å²) in [5, 5.41) is 3.09. The van der Waals surface area contributed by atoms with Crippen LogP contribution >= 0.6 is 46.2 Å². The van der Waals surface area contributed by atoms with Crippen LogP contribution in [-0.4, -0.2) is 132 Å². The van der Waals surface area contributed by atoms with Crippen molar-refractivity contribution in [1.29, 1.82) is 0 Å². The molecule has 6 aliphatic carbocycles. The molecule has 18 nitrogen and oxygen atoms in total. The van der Waals surface area contributed by atoms with Gasteiger partial charge in [0, 0.05) is 95.7 Å². The number of halogens is 1. The zero-order valence-corrected chi connectivity index (χ0v) is 56.3. The fourth-order valence-electron chi connectivity index (χ4n) is 16.7. The van der Waals surface area contributed by atoms with Gasteiger partial charge in [0.05, 0.1) is 48.0 Å². The second kappa shape index (κ2) is 25.1. The highest BCUT2D eigenvalue weighted by molar-refractivity contribution is 7.93. The normalized spacial score (nSPS) is 29.8. The molecule has 3 unspecified atom stereocenters. The van der Waals surface area contributed by atoms with E-state index in [-0.39, 0.29) is 71.9 Å². The predicted molar refractivity (Wildman–Crippen MR) is 363 cm³/mol. The summed E-state index contributed by atoms with van der Waals surface area (Å²) < 4.78 is 27.0. The molecule has 484 valence electrons. The molecule has 6 heterocycles. The van der Waals surface area contributed by atoms with E-state index in [1.807, 2.05) is 39.4 Å². The van der Waals surface area contributed by atoms with Gasteiger partial charge in [0.15, 0.2) is 34.5 Å². The molecule has 3 aliphatic heterocycles. The Morgan fingerprint density at radius 1 is 0.484 bits per heavy atom. The first-order valence-corrected chi connectivity index (χ1v) is 34.5. The Morgan fingerprint density at radius 3 is 0.912 bits per heavy atom. The number of carbonyl (C=O) groups excluding carboxylic acids is 3. The average Bonchev–Trinajstić information content (AvgIpc) is 1.55. The maximum absolute atomic E-state index is 13.7. The molecule has 3 saturated carbocycles. The van der Waals surface area contributed by atoms with Gasteiger partial charge in [0.1, 0.15) is 0 Å². The maximum Gasteiger partial charge on any atom is 0.262 e. The molecular weight excluding hydrogens is 1230 g/mol. The molecule has 3 atom stereocenters. The fourth-order valence-corrected chi connectivity index (χ4v) is 19.0. The highest BCUT2D eigenvalue weighted by Gasteiger charge is 2.69. The quantitative estimate of drug-likeness (QED) is 0.141. The van der Waals surface area contributed by atoms with Crippen LogP contribution in [0.3, 0.4) is 0 Å². The highest BCUT2D eigenvalue weighted by Crippen LogP contribution is 2.65. The number of hydrogen-bond acceptors (Lipinski definition) is 19. The summed E-state index contributed by atoms with van der Waals surface area (Å²) in [6, 6.07) is 19.5. The molecule has 6 spiro atoms. The van der Waals surface area contributed by atoms with Gasteiger partial charge < -0.3 is 31.4 Å². The number of likely N-dealkylation sites (N-methyl/N-ethyl adjacent to an activating group) is 3. The number of carbonyl (C=O) groups is 3. The first kappa shape index (κ1) is 66.0.